The Kier molecular flexibility index (Phi) is 5.47. The lowest BCUT2D eigenvalue weighted by atomic mass is 10.1. The predicted molar refractivity (Wildman–Crippen MR) is 71.2 cm³/mol. The highest BCUT2D eigenvalue weighted by molar-refractivity contribution is 8.13. The largest absolute Gasteiger partial charge is 0.349 e. The number of carbonyl (C=O) groups is 1. The Morgan fingerprint density at radius 1 is 1.30 bits per heavy atom. The van der Waals surface area contributed by atoms with Gasteiger partial charge < -0.3 is 5.32 Å². The van der Waals surface area contributed by atoms with E-state index >= 15 is 0 Å². The van der Waals surface area contributed by atoms with Crippen LogP contribution in [0.4, 0.5) is 8.78 Å². The molecule has 8 heteroatoms. The van der Waals surface area contributed by atoms with Crippen LogP contribution in [0.3, 0.4) is 0 Å². The lowest BCUT2D eigenvalue weighted by Gasteiger charge is -2.15. The first-order chi connectivity index (χ1) is 9.20. The van der Waals surface area contributed by atoms with Crippen molar-refractivity contribution >= 4 is 25.6 Å². The Balaban J connectivity index is 3.24. The number of amides is 1. The molecule has 0 aromatic heterocycles. The normalized spacial score (nSPS) is 11.7. The molecule has 1 rings (SSSR count). The molecule has 1 amide bonds. The van der Waals surface area contributed by atoms with Crippen LogP contribution in [-0.4, -0.2) is 20.4 Å². The van der Waals surface area contributed by atoms with Crippen LogP contribution < -0.4 is 5.32 Å². The molecular weight excluding hydrogens is 312 g/mol. The number of carbonyl (C=O) groups excluding carboxylic acids is 1. The van der Waals surface area contributed by atoms with Crippen molar-refractivity contribution in [2.45, 2.75) is 37.6 Å². The number of rotatable bonds is 5. The van der Waals surface area contributed by atoms with Gasteiger partial charge in [-0.25, -0.2) is 17.2 Å². The summed E-state index contributed by atoms with van der Waals surface area (Å²) in [5.74, 6) is -3.73. The highest BCUT2D eigenvalue weighted by Gasteiger charge is 2.22. The van der Waals surface area contributed by atoms with Gasteiger partial charge >= 0.3 is 0 Å². The molecule has 0 aliphatic carbocycles. The predicted octanol–water partition coefficient (Wildman–Crippen LogP) is 2.81. The fourth-order valence-electron chi connectivity index (χ4n) is 1.63. The van der Waals surface area contributed by atoms with Crippen molar-refractivity contribution in [3.8, 4) is 0 Å². The standard InChI is InChI=1S/C12H14ClF2NO3S/c1-3-7(4-2)16-12(17)9-5-8(20(13,18)19)6-10(14)11(9)15/h5-7H,3-4H2,1-2H3,(H,16,17). The molecule has 1 aromatic rings. The van der Waals surface area contributed by atoms with Gasteiger partial charge in [0.05, 0.1) is 10.5 Å². The van der Waals surface area contributed by atoms with Crippen molar-refractivity contribution in [1.29, 1.82) is 0 Å². The van der Waals surface area contributed by atoms with E-state index in [0.29, 0.717) is 18.9 Å². The average molecular weight is 326 g/mol. The van der Waals surface area contributed by atoms with Crippen molar-refractivity contribution in [3.63, 3.8) is 0 Å². The topological polar surface area (TPSA) is 63.2 Å². The third kappa shape index (κ3) is 3.89. The molecule has 0 fully saturated rings. The molecule has 0 saturated heterocycles. The van der Waals surface area contributed by atoms with E-state index in [0.717, 1.165) is 6.07 Å². The molecule has 0 heterocycles. The fourth-order valence-corrected chi connectivity index (χ4v) is 2.40. The maximum Gasteiger partial charge on any atom is 0.261 e. The van der Waals surface area contributed by atoms with E-state index in [4.69, 9.17) is 10.7 Å². The van der Waals surface area contributed by atoms with Crippen molar-refractivity contribution in [2.24, 2.45) is 0 Å². The lowest BCUT2D eigenvalue weighted by molar-refractivity contribution is 0.0929. The molecule has 112 valence electrons. The van der Waals surface area contributed by atoms with Crippen LogP contribution in [0.2, 0.25) is 0 Å². The van der Waals surface area contributed by atoms with E-state index in [-0.39, 0.29) is 6.04 Å². The summed E-state index contributed by atoms with van der Waals surface area (Å²) >= 11 is 0. The molecule has 4 nitrogen and oxygen atoms in total. The zero-order valence-electron chi connectivity index (χ0n) is 10.9. The number of hydrogen-bond donors (Lipinski definition) is 1. The number of hydrogen-bond acceptors (Lipinski definition) is 3. The summed E-state index contributed by atoms with van der Waals surface area (Å²) in [5, 5.41) is 2.50. The Labute approximate surface area is 120 Å². The minimum atomic E-state index is -4.25. The monoisotopic (exact) mass is 325 g/mol. The van der Waals surface area contributed by atoms with Crippen LogP contribution in [-0.2, 0) is 9.05 Å². The zero-order valence-corrected chi connectivity index (χ0v) is 12.5. The van der Waals surface area contributed by atoms with Gasteiger partial charge in [-0.15, -0.1) is 0 Å². The third-order valence-electron chi connectivity index (χ3n) is 2.85. The molecule has 0 spiro atoms. The summed E-state index contributed by atoms with van der Waals surface area (Å²) in [4.78, 5) is 11.2. The van der Waals surface area contributed by atoms with E-state index in [2.05, 4.69) is 5.32 Å². The number of halogens is 3. The Bertz CT molecular complexity index is 615. The first-order valence-corrected chi connectivity index (χ1v) is 8.26. The van der Waals surface area contributed by atoms with Crippen molar-refractivity contribution in [1.82, 2.24) is 5.32 Å². The molecule has 0 radical (unpaired) electrons. The number of nitrogens with one attached hydrogen (secondary N) is 1. The Morgan fingerprint density at radius 3 is 2.30 bits per heavy atom. The van der Waals surface area contributed by atoms with Crippen LogP contribution >= 0.6 is 10.7 Å². The summed E-state index contributed by atoms with van der Waals surface area (Å²) in [6, 6.07) is 0.950. The van der Waals surface area contributed by atoms with E-state index < -0.39 is 37.1 Å². The molecular formula is C12H14ClF2NO3S. The van der Waals surface area contributed by atoms with Crippen LogP contribution in [0.25, 0.3) is 0 Å². The van der Waals surface area contributed by atoms with E-state index in [1.807, 2.05) is 13.8 Å². The van der Waals surface area contributed by atoms with Crippen LogP contribution in [0.1, 0.15) is 37.0 Å². The van der Waals surface area contributed by atoms with E-state index in [1.54, 1.807) is 0 Å². The second-order valence-electron chi connectivity index (χ2n) is 4.19. The van der Waals surface area contributed by atoms with Crippen molar-refractivity contribution in [3.05, 3.63) is 29.3 Å². The van der Waals surface area contributed by atoms with E-state index in [9.17, 15) is 22.0 Å². The highest BCUT2D eigenvalue weighted by atomic mass is 35.7. The maximum atomic E-state index is 13.6. The van der Waals surface area contributed by atoms with Crippen molar-refractivity contribution < 1.29 is 22.0 Å². The van der Waals surface area contributed by atoms with E-state index in [1.165, 1.54) is 0 Å². The highest BCUT2D eigenvalue weighted by Crippen LogP contribution is 2.21. The van der Waals surface area contributed by atoms with Gasteiger partial charge in [0.1, 0.15) is 0 Å². The second-order valence-corrected chi connectivity index (χ2v) is 6.76. The molecule has 0 unspecified atom stereocenters. The van der Waals surface area contributed by atoms with Crippen molar-refractivity contribution in [2.75, 3.05) is 0 Å². The molecule has 1 N–H and O–H groups in total. The smallest absolute Gasteiger partial charge is 0.261 e. The van der Waals surface area contributed by atoms with Crippen LogP contribution in [0.5, 0.6) is 0 Å². The van der Waals surface area contributed by atoms with Gasteiger partial charge in [-0.3, -0.25) is 4.79 Å². The molecule has 0 saturated carbocycles. The first kappa shape index (κ1) is 16.8. The molecule has 0 aliphatic rings. The quantitative estimate of drug-likeness (QED) is 0.847. The third-order valence-corrected chi connectivity index (χ3v) is 4.18. The second kappa shape index (κ2) is 6.49. The maximum absolute atomic E-state index is 13.6. The summed E-state index contributed by atoms with van der Waals surface area (Å²) in [6.07, 6.45) is 1.22. The van der Waals surface area contributed by atoms with Gasteiger partial charge in [-0.05, 0) is 25.0 Å². The molecule has 0 atom stereocenters. The van der Waals surface area contributed by atoms with Gasteiger partial charge in [0, 0.05) is 16.7 Å². The minimum Gasteiger partial charge on any atom is -0.349 e. The van der Waals surface area contributed by atoms with Gasteiger partial charge in [0.25, 0.3) is 15.0 Å². The molecule has 1 aromatic carbocycles. The van der Waals surface area contributed by atoms with Gasteiger partial charge in [0.15, 0.2) is 11.6 Å². The van der Waals surface area contributed by atoms with Gasteiger partial charge in [-0.2, -0.15) is 0 Å². The lowest BCUT2D eigenvalue weighted by Crippen LogP contribution is -2.34. The number of benzene rings is 1. The zero-order chi connectivity index (χ0) is 15.5. The Hall–Kier alpha value is -1.21. The van der Waals surface area contributed by atoms with Crippen LogP contribution in [0.15, 0.2) is 17.0 Å². The molecule has 20 heavy (non-hydrogen) atoms. The summed E-state index contributed by atoms with van der Waals surface area (Å²) in [7, 11) is 0.819. The first-order valence-electron chi connectivity index (χ1n) is 5.95. The SMILES string of the molecule is CCC(CC)NC(=O)c1cc(S(=O)(=O)Cl)cc(F)c1F. The van der Waals surface area contributed by atoms with Crippen LogP contribution in [0, 0.1) is 11.6 Å². The minimum absolute atomic E-state index is 0.207. The summed E-state index contributed by atoms with van der Waals surface area (Å²) in [5.41, 5.74) is -0.684. The fraction of sp³-hybridized carbons (Fsp3) is 0.417. The molecule has 0 aliphatic heterocycles. The molecule has 0 bridgehead atoms. The summed E-state index contributed by atoms with van der Waals surface area (Å²) < 4.78 is 49.3. The van der Waals surface area contributed by atoms with Gasteiger partial charge in [-0.1, -0.05) is 13.8 Å². The Morgan fingerprint density at radius 2 is 1.85 bits per heavy atom. The summed E-state index contributed by atoms with van der Waals surface area (Å²) in [6.45, 7) is 3.65. The van der Waals surface area contributed by atoms with Gasteiger partial charge in [0.2, 0.25) is 0 Å². The average Bonchev–Trinajstić information content (AvgIpc) is 2.37.